The number of anilines is 1. The lowest BCUT2D eigenvalue weighted by Gasteiger charge is -2.06. The van der Waals surface area contributed by atoms with Gasteiger partial charge in [-0.05, 0) is 19.1 Å². The average Bonchev–Trinajstić information content (AvgIpc) is 3.01. The maximum atomic E-state index is 12.4. The maximum absolute atomic E-state index is 12.4. The first-order valence-electron chi connectivity index (χ1n) is 7.16. The van der Waals surface area contributed by atoms with Crippen molar-refractivity contribution in [2.45, 2.75) is 6.92 Å². The summed E-state index contributed by atoms with van der Waals surface area (Å²) < 4.78 is 0. The summed E-state index contributed by atoms with van der Waals surface area (Å²) in [5.74, 6) is -0.397. The van der Waals surface area contributed by atoms with Crippen LogP contribution in [0.3, 0.4) is 0 Å². The molecule has 114 valence electrons. The number of hydrogen-bond donors (Lipinski definition) is 2. The normalized spacial score (nSPS) is 10.3. The van der Waals surface area contributed by atoms with Crippen molar-refractivity contribution in [3.63, 3.8) is 0 Å². The molecule has 3 rings (SSSR count). The van der Waals surface area contributed by atoms with E-state index in [0.29, 0.717) is 28.2 Å². The molecule has 0 aliphatic rings. The fourth-order valence-electron chi connectivity index (χ4n) is 2.27. The van der Waals surface area contributed by atoms with Crippen molar-refractivity contribution in [1.82, 2.24) is 9.97 Å². The van der Waals surface area contributed by atoms with Crippen LogP contribution in [0.15, 0.2) is 60.9 Å². The number of benzene rings is 2. The molecule has 2 N–H and O–H groups in total. The smallest absolute Gasteiger partial charge is 0.276 e. The van der Waals surface area contributed by atoms with Gasteiger partial charge in [0.2, 0.25) is 0 Å². The van der Waals surface area contributed by atoms with Crippen molar-refractivity contribution in [2.24, 2.45) is 0 Å². The van der Waals surface area contributed by atoms with Crippen LogP contribution in [-0.4, -0.2) is 21.7 Å². The molecule has 3 aromatic rings. The van der Waals surface area contributed by atoms with Gasteiger partial charge in [0.1, 0.15) is 5.69 Å². The number of aryl methyl sites for hydroxylation is 1. The van der Waals surface area contributed by atoms with Gasteiger partial charge >= 0.3 is 0 Å². The van der Waals surface area contributed by atoms with Crippen molar-refractivity contribution in [2.75, 3.05) is 5.32 Å². The Kier molecular flexibility index (Phi) is 4.01. The number of H-pyrrole nitrogens is 1. The quantitative estimate of drug-likeness (QED) is 0.727. The summed E-state index contributed by atoms with van der Waals surface area (Å²) in [6, 6.07) is 15.9. The van der Waals surface area contributed by atoms with E-state index >= 15 is 0 Å². The molecule has 0 radical (unpaired) electrons. The van der Waals surface area contributed by atoms with Crippen LogP contribution in [0.4, 0.5) is 5.69 Å². The number of aromatic amines is 1. The molecule has 0 aliphatic heterocycles. The summed E-state index contributed by atoms with van der Waals surface area (Å²) in [5, 5.41) is 2.76. The molecule has 0 spiro atoms. The lowest BCUT2D eigenvalue weighted by Crippen LogP contribution is -2.14. The molecule has 0 bridgehead atoms. The van der Waals surface area contributed by atoms with Gasteiger partial charge < -0.3 is 10.3 Å². The number of nitrogens with one attached hydrogen (secondary N) is 2. The molecule has 1 aromatic heterocycles. The number of rotatable bonds is 4. The maximum Gasteiger partial charge on any atom is 0.276 e. The molecular weight excluding hydrogens is 290 g/mol. The minimum atomic E-state index is -0.312. The predicted molar refractivity (Wildman–Crippen MR) is 87.6 cm³/mol. The van der Waals surface area contributed by atoms with Gasteiger partial charge in [-0.3, -0.25) is 9.59 Å². The van der Waals surface area contributed by atoms with E-state index in [2.05, 4.69) is 15.3 Å². The van der Waals surface area contributed by atoms with Gasteiger partial charge in [0.05, 0.1) is 6.33 Å². The van der Waals surface area contributed by atoms with Gasteiger partial charge in [0.25, 0.3) is 5.91 Å². The Bertz CT molecular complexity index is 853. The van der Waals surface area contributed by atoms with Crippen molar-refractivity contribution in [3.8, 4) is 0 Å². The van der Waals surface area contributed by atoms with Crippen molar-refractivity contribution in [3.05, 3.63) is 83.4 Å². The van der Waals surface area contributed by atoms with Crippen LogP contribution >= 0.6 is 0 Å². The van der Waals surface area contributed by atoms with Crippen LogP contribution in [0.5, 0.6) is 0 Å². The van der Waals surface area contributed by atoms with Crippen molar-refractivity contribution < 1.29 is 9.59 Å². The van der Waals surface area contributed by atoms with E-state index in [-0.39, 0.29) is 11.7 Å². The molecule has 5 heteroatoms. The first kappa shape index (κ1) is 14.7. The number of ketones is 1. The number of carbonyl (C=O) groups is 2. The molecule has 23 heavy (non-hydrogen) atoms. The fourth-order valence-corrected chi connectivity index (χ4v) is 2.27. The zero-order valence-corrected chi connectivity index (χ0v) is 12.5. The summed E-state index contributed by atoms with van der Waals surface area (Å²) in [6.07, 6.45) is 1.47. The van der Waals surface area contributed by atoms with Crippen LogP contribution in [-0.2, 0) is 0 Å². The lowest BCUT2D eigenvalue weighted by atomic mass is 10.0. The molecule has 5 nitrogen and oxygen atoms in total. The highest BCUT2D eigenvalue weighted by Gasteiger charge is 2.13. The van der Waals surface area contributed by atoms with E-state index in [4.69, 9.17) is 0 Å². The lowest BCUT2D eigenvalue weighted by molar-refractivity contribution is 0.101. The molecule has 0 saturated carbocycles. The Morgan fingerprint density at radius 2 is 1.74 bits per heavy atom. The van der Waals surface area contributed by atoms with Gasteiger partial charge in [-0.2, -0.15) is 0 Å². The van der Waals surface area contributed by atoms with Crippen LogP contribution < -0.4 is 5.32 Å². The molecule has 2 aromatic carbocycles. The number of hydrogen-bond acceptors (Lipinski definition) is 3. The number of amides is 1. The van der Waals surface area contributed by atoms with Gasteiger partial charge in [-0.15, -0.1) is 0 Å². The SMILES string of the molecule is Cc1[nH]cnc1C(=O)Nc1cccc(C(=O)c2ccccc2)c1. The fraction of sp³-hybridized carbons (Fsp3) is 0.0556. The number of aromatic nitrogens is 2. The predicted octanol–water partition coefficient (Wildman–Crippen LogP) is 3.20. The largest absolute Gasteiger partial charge is 0.348 e. The van der Waals surface area contributed by atoms with E-state index < -0.39 is 0 Å². The van der Waals surface area contributed by atoms with E-state index in [0.717, 1.165) is 0 Å². The zero-order chi connectivity index (χ0) is 16.2. The minimum absolute atomic E-state index is 0.0855. The Morgan fingerprint density at radius 3 is 2.43 bits per heavy atom. The molecular formula is C18H15N3O2. The third-order valence-corrected chi connectivity index (χ3v) is 3.46. The summed E-state index contributed by atoms with van der Waals surface area (Å²) in [4.78, 5) is 31.4. The summed E-state index contributed by atoms with van der Waals surface area (Å²) in [6.45, 7) is 1.78. The highest BCUT2D eigenvalue weighted by Crippen LogP contribution is 2.16. The van der Waals surface area contributed by atoms with E-state index in [9.17, 15) is 9.59 Å². The molecule has 0 aliphatic carbocycles. The van der Waals surface area contributed by atoms with E-state index in [1.807, 2.05) is 18.2 Å². The summed E-state index contributed by atoms with van der Waals surface area (Å²) in [7, 11) is 0. The first-order valence-corrected chi connectivity index (χ1v) is 7.16. The van der Waals surface area contributed by atoms with Gasteiger partial charge in [-0.1, -0.05) is 42.5 Å². The second kappa shape index (κ2) is 6.27. The minimum Gasteiger partial charge on any atom is -0.348 e. The zero-order valence-electron chi connectivity index (χ0n) is 12.5. The van der Waals surface area contributed by atoms with Crippen LogP contribution in [0.1, 0.15) is 32.1 Å². The molecule has 0 saturated heterocycles. The number of carbonyl (C=O) groups excluding carboxylic acids is 2. The molecule has 0 unspecified atom stereocenters. The molecule has 0 atom stereocenters. The third kappa shape index (κ3) is 3.18. The second-order valence-electron chi connectivity index (χ2n) is 5.11. The third-order valence-electron chi connectivity index (χ3n) is 3.46. The van der Waals surface area contributed by atoms with E-state index in [1.54, 1.807) is 43.3 Å². The van der Waals surface area contributed by atoms with Crippen LogP contribution in [0, 0.1) is 6.92 Å². The van der Waals surface area contributed by atoms with Gasteiger partial charge in [0.15, 0.2) is 5.78 Å². The topological polar surface area (TPSA) is 74.8 Å². The Hall–Kier alpha value is -3.21. The molecule has 1 heterocycles. The monoisotopic (exact) mass is 305 g/mol. The van der Waals surface area contributed by atoms with Crippen molar-refractivity contribution in [1.29, 1.82) is 0 Å². The number of imidazole rings is 1. The first-order chi connectivity index (χ1) is 11.1. The Morgan fingerprint density at radius 1 is 1.00 bits per heavy atom. The molecule has 0 fully saturated rings. The van der Waals surface area contributed by atoms with Gasteiger partial charge in [-0.25, -0.2) is 4.98 Å². The summed E-state index contributed by atoms with van der Waals surface area (Å²) in [5.41, 5.74) is 2.72. The second-order valence-corrected chi connectivity index (χ2v) is 5.11. The average molecular weight is 305 g/mol. The van der Waals surface area contributed by atoms with Crippen LogP contribution in [0.25, 0.3) is 0 Å². The summed E-state index contributed by atoms with van der Waals surface area (Å²) >= 11 is 0. The highest BCUT2D eigenvalue weighted by atomic mass is 16.2. The van der Waals surface area contributed by atoms with Gasteiger partial charge in [0, 0.05) is 22.5 Å². The standard InChI is InChI=1S/C18H15N3O2/c1-12-16(20-11-19-12)18(23)21-15-9-5-8-14(10-15)17(22)13-6-3-2-4-7-13/h2-11H,1H3,(H,19,20)(H,21,23). The highest BCUT2D eigenvalue weighted by molar-refractivity contribution is 6.10. The van der Waals surface area contributed by atoms with Crippen LogP contribution in [0.2, 0.25) is 0 Å². The Labute approximate surface area is 133 Å². The Balaban J connectivity index is 1.82. The van der Waals surface area contributed by atoms with Crippen molar-refractivity contribution >= 4 is 17.4 Å². The number of nitrogens with zero attached hydrogens (tertiary/aromatic N) is 1. The molecule has 1 amide bonds. The van der Waals surface area contributed by atoms with E-state index in [1.165, 1.54) is 6.33 Å².